The van der Waals surface area contributed by atoms with Crippen LogP contribution < -0.4 is 4.90 Å². The predicted molar refractivity (Wildman–Crippen MR) is 123 cm³/mol. The maximum atomic E-state index is 4.67. The van der Waals surface area contributed by atoms with Crippen LogP contribution in [0.25, 0.3) is 22.3 Å². The molecular weight excluding hydrogens is 408 g/mol. The average molecular weight is 433 g/mol. The highest BCUT2D eigenvalue weighted by Crippen LogP contribution is 2.25. The van der Waals surface area contributed by atoms with E-state index in [-0.39, 0.29) is 0 Å². The fourth-order valence-electron chi connectivity index (χ4n) is 3.88. The van der Waals surface area contributed by atoms with E-state index in [0.29, 0.717) is 0 Å². The maximum Gasteiger partial charge on any atom is 0.191 e. The summed E-state index contributed by atoms with van der Waals surface area (Å²) < 4.78 is 1.98. The molecule has 1 aliphatic rings. The Hall–Kier alpha value is -3.04. The highest BCUT2D eigenvalue weighted by molar-refractivity contribution is 7.99. The molecular formula is C22H24N8S. The van der Waals surface area contributed by atoms with Crippen LogP contribution in [0.3, 0.4) is 0 Å². The number of nitrogens with zero attached hydrogens (tertiary/aromatic N) is 8. The normalized spacial score (nSPS) is 14.9. The van der Waals surface area contributed by atoms with Crippen molar-refractivity contribution in [2.75, 3.05) is 43.4 Å². The topological polar surface area (TPSA) is 75.9 Å². The zero-order valence-corrected chi connectivity index (χ0v) is 18.2. The first-order valence-electron chi connectivity index (χ1n) is 10.4. The van der Waals surface area contributed by atoms with E-state index >= 15 is 0 Å². The number of hydrogen-bond acceptors (Lipinski definition) is 8. The fourth-order valence-corrected chi connectivity index (χ4v) is 4.79. The SMILES string of the molecule is Cn1c(SCCN2CCN(c3nccc4ccccc34)CC2)nnc1-c1cnccn1. The Morgan fingerprint density at radius 1 is 0.935 bits per heavy atom. The molecule has 0 amide bonds. The Labute approximate surface area is 185 Å². The van der Waals surface area contributed by atoms with Gasteiger partial charge in [-0.1, -0.05) is 36.0 Å². The lowest BCUT2D eigenvalue weighted by Gasteiger charge is -2.35. The van der Waals surface area contributed by atoms with E-state index in [0.717, 1.165) is 61.0 Å². The standard InChI is InChI=1S/C22H24N8S/c1-28-21(19-16-23-8-9-24-19)26-27-22(28)31-15-14-29-10-12-30(13-11-29)20-18-5-3-2-4-17(18)6-7-25-20/h2-9,16H,10-15H2,1H3. The summed E-state index contributed by atoms with van der Waals surface area (Å²) in [6.45, 7) is 5.08. The van der Waals surface area contributed by atoms with E-state index in [9.17, 15) is 0 Å². The van der Waals surface area contributed by atoms with Crippen molar-refractivity contribution in [1.82, 2.24) is 34.6 Å². The Morgan fingerprint density at radius 3 is 2.65 bits per heavy atom. The zero-order valence-electron chi connectivity index (χ0n) is 17.4. The summed E-state index contributed by atoms with van der Waals surface area (Å²) in [7, 11) is 1.97. The van der Waals surface area contributed by atoms with Crippen LogP contribution in [0.4, 0.5) is 5.82 Å². The van der Waals surface area contributed by atoms with Crippen LogP contribution >= 0.6 is 11.8 Å². The van der Waals surface area contributed by atoms with Crippen molar-refractivity contribution in [2.24, 2.45) is 7.05 Å². The summed E-state index contributed by atoms with van der Waals surface area (Å²) in [4.78, 5) is 18.0. The highest BCUT2D eigenvalue weighted by Gasteiger charge is 2.20. The van der Waals surface area contributed by atoms with Gasteiger partial charge in [0.25, 0.3) is 0 Å². The number of piperazine rings is 1. The van der Waals surface area contributed by atoms with E-state index in [4.69, 9.17) is 0 Å². The van der Waals surface area contributed by atoms with Gasteiger partial charge < -0.3 is 9.47 Å². The molecule has 0 spiro atoms. The van der Waals surface area contributed by atoms with Gasteiger partial charge in [0.15, 0.2) is 11.0 Å². The lowest BCUT2D eigenvalue weighted by Crippen LogP contribution is -2.47. The van der Waals surface area contributed by atoms with Crippen molar-refractivity contribution in [3.05, 3.63) is 55.1 Å². The lowest BCUT2D eigenvalue weighted by molar-refractivity contribution is 0.273. The van der Waals surface area contributed by atoms with Crippen molar-refractivity contribution in [2.45, 2.75) is 5.16 Å². The molecule has 8 nitrogen and oxygen atoms in total. The fraction of sp³-hybridized carbons (Fsp3) is 0.318. The molecule has 0 unspecified atom stereocenters. The monoisotopic (exact) mass is 432 g/mol. The number of pyridine rings is 1. The quantitative estimate of drug-likeness (QED) is 0.431. The molecule has 0 N–H and O–H groups in total. The second-order valence-electron chi connectivity index (χ2n) is 7.49. The number of fused-ring (bicyclic) bond motifs is 1. The van der Waals surface area contributed by atoms with Crippen molar-refractivity contribution in [3.8, 4) is 11.5 Å². The van der Waals surface area contributed by atoms with Crippen LogP contribution in [0.1, 0.15) is 0 Å². The minimum Gasteiger partial charge on any atom is -0.354 e. The molecule has 0 bridgehead atoms. The molecule has 0 radical (unpaired) electrons. The molecule has 4 heterocycles. The van der Waals surface area contributed by atoms with Crippen molar-refractivity contribution >= 4 is 28.4 Å². The van der Waals surface area contributed by atoms with Gasteiger partial charge in [-0.2, -0.15) is 0 Å². The second kappa shape index (κ2) is 8.99. The second-order valence-corrected chi connectivity index (χ2v) is 8.55. The molecule has 9 heteroatoms. The minimum atomic E-state index is 0.738. The number of benzene rings is 1. The number of anilines is 1. The van der Waals surface area contributed by atoms with E-state index in [1.165, 1.54) is 10.8 Å². The Morgan fingerprint density at radius 2 is 1.81 bits per heavy atom. The molecule has 1 saturated heterocycles. The molecule has 4 aromatic rings. The predicted octanol–water partition coefficient (Wildman–Crippen LogP) is 2.73. The van der Waals surface area contributed by atoms with Crippen LogP contribution in [0.5, 0.6) is 0 Å². The third-order valence-corrected chi connectivity index (χ3v) is 6.59. The zero-order chi connectivity index (χ0) is 21.0. The van der Waals surface area contributed by atoms with Crippen LogP contribution in [0.2, 0.25) is 0 Å². The van der Waals surface area contributed by atoms with Gasteiger partial charge in [-0.15, -0.1) is 10.2 Å². The summed E-state index contributed by atoms with van der Waals surface area (Å²) in [6, 6.07) is 10.6. The molecule has 0 saturated carbocycles. The summed E-state index contributed by atoms with van der Waals surface area (Å²) in [6.07, 6.45) is 6.95. The van der Waals surface area contributed by atoms with Crippen molar-refractivity contribution in [1.29, 1.82) is 0 Å². The average Bonchev–Trinajstić information content (AvgIpc) is 3.20. The Balaban J connectivity index is 1.15. The Kier molecular flexibility index (Phi) is 5.77. The summed E-state index contributed by atoms with van der Waals surface area (Å²) in [5.41, 5.74) is 0.738. The van der Waals surface area contributed by atoms with E-state index in [1.54, 1.807) is 30.4 Å². The number of hydrogen-bond donors (Lipinski definition) is 0. The smallest absolute Gasteiger partial charge is 0.191 e. The first-order chi connectivity index (χ1) is 15.3. The molecule has 0 atom stereocenters. The van der Waals surface area contributed by atoms with Gasteiger partial charge in [0, 0.05) is 69.5 Å². The summed E-state index contributed by atoms with van der Waals surface area (Å²) >= 11 is 1.73. The van der Waals surface area contributed by atoms with E-state index < -0.39 is 0 Å². The number of rotatable bonds is 6. The van der Waals surface area contributed by atoms with Crippen LogP contribution in [-0.4, -0.2) is 73.1 Å². The molecule has 31 heavy (non-hydrogen) atoms. The maximum absolute atomic E-state index is 4.67. The molecule has 5 rings (SSSR count). The third kappa shape index (κ3) is 4.24. The number of thioether (sulfide) groups is 1. The van der Waals surface area contributed by atoms with Crippen LogP contribution in [0, 0.1) is 0 Å². The van der Waals surface area contributed by atoms with Gasteiger partial charge in [0.2, 0.25) is 0 Å². The summed E-state index contributed by atoms with van der Waals surface area (Å²) in [5.74, 6) is 2.81. The highest BCUT2D eigenvalue weighted by atomic mass is 32.2. The van der Waals surface area contributed by atoms with Crippen LogP contribution in [-0.2, 0) is 7.05 Å². The van der Waals surface area contributed by atoms with Gasteiger partial charge >= 0.3 is 0 Å². The van der Waals surface area contributed by atoms with Crippen LogP contribution in [0.15, 0.2) is 60.3 Å². The molecule has 158 valence electrons. The van der Waals surface area contributed by atoms with Gasteiger partial charge in [-0.3, -0.25) is 9.88 Å². The van der Waals surface area contributed by atoms with Gasteiger partial charge in [-0.25, -0.2) is 9.97 Å². The lowest BCUT2D eigenvalue weighted by atomic mass is 10.1. The molecule has 3 aromatic heterocycles. The number of aromatic nitrogens is 6. The van der Waals surface area contributed by atoms with E-state index in [2.05, 4.69) is 65.3 Å². The minimum absolute atomic E-state index is 0.738. The third-order valence-electron chi connectivity index (χ3n) is 5.59. The molecule has 1 fully saturated rings. The molecule has 1 aliphatic heterocycles. The van der Waals surface area contributed by atoms with E-state index in [1.807, 2.05) is 17.8 Å². The molecule has 0 aliphatic carbocycles. The Bertz CT molecular complexity index is 1150. The first-order valence-corrected chi connectivity index (χ1v) is 11.4. The van der Waals surface area contributed by atoms with Gasteiger partial charge in [0.1, 0.15) is 11.5 Å². The van der Waals surface area contributed by atoms with Crippen molar-refractivity contribution in [3.63, 3.8) is 0 Å². The van der Waals surface area contributed by atoms with Gasteiger partial charge in [-0.05, 0) is 11.5 Å². The van der Waals surface area contributed by atoms with Gasteiger partial charge in [0.05, 0.1) is 6.20 Å². The summed E-state index contributed by atoms with van der Waals surface area (Å²) in [5, 5.41) is 12.0. The first kappa shape index (κ1) is 19.9. The largest absolute Gasteiger partial charge is 0.354 e. The molecule has 1 aromatic carbocycles. The van der Waals surface area contributed by atoms with Crippen molar-refractivity contribution < 1.29 is 0 Å².